The van der Waals surface area contributed by atoms with E-state index >= 15 is 0 Å². The second-order valence-electron chi connectivity index (χ2n) is 5.61. The third-order valence-electron chi connectivity index (χ3n) is 4.50. The lowest BCUT2D eigenvalue weighted by Gasteiger charge is -2.44. The number of rotatable bonds is 2. The average molecular weight is 280 g/mol. The van der Waals surface area contributed by atoms with Gasteiger partial charge >= 0.3 is 0 Å². The van der Waals surface area contributed by atoms with Crippen molar-refractivity contribution in [3.8, 4) is 5.75 Å². The Morgan fingerprint density at radius 1 is 1.32 bits per heavy atom. The summed E-state index contributed by atoms with van der Waals surface area (Å²) in [6.07, 6.45) is 6.90. The predicted octanol–water partition coefficient (Wildman–Crippen LogP) is 3.18. The van der Waals surface area contributed by atoms with Crippen LogP contribution in [0, 0.1) is 5.92 Å². The standard InChI is InChI=1S/C16H21NO.ClH/c1-2-7-17-8-3-4-13-9-14-10-15(18)6-5-12(14)11-16(13)17;/h2,5-6,10,13,16,18H,1,3-4,7-9,11H2;1H. The molecule has 2 unspecified atom stereocenters. The van der Waals surface area contributed by atoms with E-state index in [1.54, 1.807) is 0 Å². The van der Waals surface area contributed by atoms with Crippen molar-refractivity contribution in [1.29, 1.82) is 0 Å². The highest BCUT2D eigenvalue weighted by Crippen LogP contribution is 2.36. The summed E-state index contributed by atoms with van der Waals surface area (Å²) in [4.78, 5) is 2.58. The second-order valence-corrected chi connectivity index (χ2v) is 5.61. The summed E-state index contributed by atoms with van der Waals surface area (Å²) >= 11 is 0. The summed E-state index contributed by atoms with van der Waals surface area (Å²) in [6, 6.07) is 6.55. The highest BCUT2D eigenvalue weighted by molar-refractivity contribution is 5.85. The number of hydrogen-bond donors (Lipinski definition) is 1. The predicted molar refractivity (Wildman–Crippen MR) is 81.0 cm³/mol. The Morgan fingerprint density at radius 2 is 2.16 bits per heavy atom. The molecule has 1 aromatic rings. The molecule has 0 aromatic heterocycles. The van der Waals surface area contributed by atoms with Gasteiger partial charge in [-0.3, -0.25) is 4.90 Å². The molecule has 0 spiro atoms. The van der Waals surface area contributed by atoms with Gasteiger partial charge in [0.1, 0.15) is 5.75 Å². The Labute approximate surface area is 121 Å². The van der Waals surface area contributed by atoms with E-state index in [-0.39, 0.29) is 12.4 Å². The maximum absolute atomic E-state index is 9.60. The monoisotopic (exact) mass is 279 g/mol. The third-order valence-corrected chi connectivity index (χ3v) is 4.50. The van der Waals surface area contributed by atoms with Crippen LogP contribution in [0.2, 0.25) is 0 Å². The number of nitrogens with zero attached hydrogens (tertiary/aromatic N) is 1. The molecule has 1 N–H and O–H groups in total. The molecule has 1 heterocycles. The van der Waals surface area contributed by atoms with Crippen LogP contribution >= 0.6 is 12.4 Å². The number of phenols is 1. The molecular formula is C16H22ClNO. The van der Waals surface area contributed by atoms with Crippen LogP contribution < -0.4 is 0 Å². The van der Waals surface area contributed by atoms with Crippen molar-refractivity contribution >= 4 is 12.4 Å². The number of hydrogen-bond acceptors (Lipinski definition) is 2. The normalized spacial score (nSPS) is 25.9. The molecular weight excluding hydrogens is 258 g/mol. The number of phenolic OH excluding ortho intramolecular Hbond substituents is 1. The minimum atomic E-state index is 0. The van der Waals surface area contributed by atoms with E-state index in [1.165, 1.54) is 30.5 Å². The fourth-order valence-electron chi connectivity index (χ4n) is 3.65. The zero-order chi connectivity index (χ0) is 12.5. The van der Waals surface area contributed by atoms with Gasteiger partial charge in [-0.2, -0.15) is 0 Å². The molecule has 1 fully saturated rings. The fraction of sp³-hybridized carbons (Fsp3) is 0.500. The van der Waals surface area contributed by atoms with Gasteiger partial charge in [0.2, 0.25) is 0 Å². The van der Waals surface area contributed by atoms with E-state index in [4.69, 9.17) is 0 Å². The first-order valence-electron chi connectivity index (χ1n) is 6.93. The van der Waals surface area contributed by atoms with Crippen LogP contribution in [0.5, 0.6) is 5.75 Å². The zero-order valence-corrected chi connectivity index (χ0v) is 12.0. The highest BCUT2D eigenvalue weighted by Gasteiger charge is 2.34. The second kappa shape index (κ2) is 5.98. The molecule has 19 heavy (non-hydrogen) atoms. The van der Waals surface area contributed by atoms with Gasteiger partial charge in [-0.25, -0.2) is 0 Å². The Balaban J connectivity index is 0.00000133. The topological polar surface area (TPSA) is 23.5 Å². The van der Waals surface area contributed by atoms with Crippen LogP contribution in [0.15, 0.2) is 30.9 Å². The first kappa shape index (κ1) is 14.4. The minimum Gasteiger partial charge on any atom is -0.508 e. The van der Waals surface area contributed by atoms with Gasteiger partial charge in [-0.15, -0.1) is 19.0 Å². The summed E-state index contributed by atoms with van der Waals surface area (Å²) in [5.74, 6) is 1.17. The summed E-state index contributed by atoms with van der Waals surface area (Å²) in [6.45, 7) is 6.09. The van der Waals surface area contributed by atoms with Gasteiger partial charge in [0.15, 0.2) is 0 Å². The fourth-order valence-corrected chi connectivity index (χ4v) is 3.65. The third kappa shape index (κ3) is 2.80. The van der Waals surface area contributed by atoms with Crippen LogP contribution in [0.3, 0.4) is 0 Å². The molecule has 104 valence electrons. The molecule has 1 saturated heterocycles. The number of piperidine rings is 1. The van der Waals surface area contributed by atoms with E-state index in [0.717, 1.165) is 25.3 Å². The molecule has 1 aliphatic heterocycles. The number of fused-ring (bicyclic) bond motifs is 2. The van der Waals surface area contributed by atoms with Crippen molar-refractivity contribution in [1.82, 2.24) is 4.90 Å². The van der Waals surface area contributed by atoms with E-state index in [0.29, 0.717) is 11.8 Å². The molecule has 0 saturated carbocycles. The van der Waals surface area contributed by atoms with E-state index in [9.17, 15) is 5.11 Å². The molecule has 2 atom stereocenters. The maximum Gasteiger partial charge on any atom is 0.115 e. The van der Waals surface area contributed by atoms with E-state index in [2.05, 4.69) is 17.5 Å². The van der Waals surface area contributed by atoms with Gasteiger partial charge in [0.05, 0.1) is 0 Å². The Hall–Kier alpha value is -0.990. The first-order valence-corrected chi connectivity index (χ1v) is 6.93. The van der Waals surface area contributed by atoms with E-state index < -0.39 is 0 Å². The smallest absolute Gasteiger partial charge is 0.115 e. The van der Waals surface area contributed by atoms with Crippen molar-refractivity contribution in [2.75, 3.05) is 13.1 Å². The molecule has 3 rings (SSSR count). The lowest BCUT2D eigenvalue weighted by Crippen LogP contribution is -2.49. The van der Waals surface area contributed by atoms with Gasteiger partial charge in [-0.05, 0) is 61.4 Å². The van der Waals surface area contributed by atoms with Crippen molar-refractivity contribution in [3.05, 3.63) is 42.0 Å². The average Bonchev–Trinajstić information content (AvgIpc) is 2.37. The van der Waals surface area contributed by atoms with Crippen molar-refractivity contribution in [3.63, 3.8) is 0 Å². The summed E-state index contributed by atoms with van der Waals surface area (Å²) < 4.78 is 0. The molecule has 1 aliphatic carbocycles. The Morgan fingerprint density at radius 3 is 2.95 bits per heavy atom. The highest BCUT2D eigenvalue weighted by atomic mass is 35.5. The van der Waals surface area contributed by atoms with Gasteiger partial charge in [0.25, 0.3) is 0 Å². The van der Waals surface area contributed by atoms with Crippen LogP contribution in [0.25, 0.3) is 0 Å². The quantitative estimate of drug-likeness (QED) is 0.841. The molecule has 0 amide bonds. The van der Waals surface area contributed by atoms with Crippen LogP contribution in [0.4, 0.5) is 0 Å². The van der Waals surface area contributed by atoms with Gasteiger partial charge < -0.3 is 5.11 Å². The van der Waals surface area contributed by atoms with Crippen LogP contribution in [0.1, 0.15) is 24.0 Å². The molecule has 3 heteroatoms. The van der Waals surface area contributed by atoms with E-state index in [1.807, 2.05) is 18.2 Å². The maximum atomic E-state index is 9.60. The van der Waals surface area contributed by atoms with Crippen LogP contribution in [-0.2, 0) is 12.8 Å². The van der Waals surface area contributed by atoms with Crippen molar-refractivity contribution in [2.24, 2.45) is 5.92 Å². The lowest BCUT2D eigenvalue weighted by molar-refractivity contribution is 0.0972. The first-order chi connectivity index (χ1) is 8.78. The SMILES string of the molecule is C=CCN1CCCC2Cc3cc(O)ccc3CC21.Cl. The number of likely N-dealkylation sites (tertiary alicyclic amines) is 1. The number of benzene rings is 1. The van der Waals surface area contributed by atoms with Gasteiger partial charge in [-0.1, -0.05) is 12.1 Å². The largest absolute Gasteiger partial charge is 0.508 e. The molecule has 0 bridgehead atoms. The number of aromatic hydroxyl groups is 1. The summed E-state index contributed by atoms with van der Waals surface area (Å²) in [7, 11) is 0. The summed E-state index contributed by atoms with van der Waals surface area (Å²) in [5, 5.41) is 9.60. The molecule has 0 radical (unpaired) electrons. The van der Waals surface area contributed by atoms with Gasteiger partial charge in [0, 0.05) is 12.6 Å². The minimum absolute atomic E-state index is 0. The zero-order valence-electron chi connectivity index (χ0n) is 11.2. The lowest BCUT2D eigenvalue weighted by atomic mass is 9.75. The molecule has 2 nitrogen and oxygen atoms in total. The van der Waals surface area contributed by atoms with Crippen LogP contribution in [-0.4, -0.2) is 29.1 Å². The summed E-state index contributed by atoms with van der Waals surface area (Å²) in [5.41, 5.74) is 2.78. The molecule has 1 aromatic carbocycles. The molecule has 2 aliphatic rings. The Kier molecular flexibility index (Phi) is 4.54. The van der Waals surface area contributed by atoms with Crippen molar-refractivity contribution in [2.45, 2.75) is 31.7 Å². The van der Waals surface area contributed by atoms with Crippen molar-refractivity contribution < 1.29 is 5.11 Å². The number of halogens is 1. The Bertz CT molecular complexity index is 460.